The molecule has 1 rings (SSSR count). The number of amides is 1. The highest BCUT2D eigenvalue weighted by molar-refractivity contribution is 6.05. The largest absolute Gasteiger partial charge is 0.391 e. The number of hydrogen-bond donors (Lipinski definition) is 0. The number of rotatable bonds is 6. The van der Waals surface area contributed by atoms with E-state index >= 15 is 0 Å². The fourth-order valence-electron chi connectivity index (χ4n) is 1.36. The van der Waals surface area contributed by atoms with E-state index in [2.05, 4.69) is 16.7 Å². The standard InChI is InChI=1S/C14H16N2O2/c1-4-8-18-16-12(3)14-7-5-6-13(9-14)11(2)15-10-17/h4-7,9-10H,1,8H2,2-3H3/b15-11?,16-12+. The van der Waals surface area contributed by atoms with Gasteiger partial charge in [0.2, 0.25) is 6.41 Å². The highest BCUT2D eigenvalue weighted by Gasteiger charge is 2.02. The summed E-state index contributed by atoms with van der Waals surface area (Å²) in [6.07, 6.45) is 2.17. The van der Waals surface area contributed by atoms with Crippen molar-refractivity contribution >= 4 is 17.8 Å². The molecule has 1 aromatic carbocycles. The molecule has 94 valence electrons. The van der Waals surface area contributed by atoms with Crippen LogP contribution in [-0.2, 0) is 9.63 Å². The minimum Gasteiger partial charge on any atom is -0.391 e. The van der Waals surface area contributed by atoms with Crippen LogP contribution in [0.15, 0.2) is 47.1 Å². The van der Waals surface area contributed by atoms with E-state index in [4.69, 9.17) is 4.84 Å². The Bertz CT molecular complexity index is 490. The topological polar surface area (TPSA) is 51.0 Å². The molecule has 0 aromatic heterocycles. The molecule has 0 saturated carbocycles. The SMILES string of the molecule is C=CCO/N=C(\C)c1cccc(C(C)=NC=O)c1. The quantitative estimate of drug-likeness (QED) is 0.254. The minimum absolute atomic E-state index is 0.378. The van der Waals surface area contributed by atoms with Gasteiger partial charge in [-0.3, -0.25) is 4.79 Å². The molecule has 1 aromatic rings. The third-order valence-corrected chi connectivity index (χ3v) is 2.34. The van der Waals surface area contributed by atoms with Crippen LogP contribution in [0.3, 0.4) is 0 Å². The summed E-state index contributed by atoms with van der Waals surface area (Å²) in [5.41, 5.74) is 3.25. The van der Waals surface area contributed by atoms with Crippen molar-refractivity contribution < 1.29 is 9.63 Å². The first kappa shape index (κ1) is 13.8. The molecule has 4 nitrogen and oxygen atoms in total. The van der Waals surface area contributed by atoms with Crippen LogP contribution in [0.25, 0.3) is 0 Å². The molecular weight excluding hydrogens is 228 g/mol. The van der Waals surface area contributed by atoms with Crippen LogP contribution >= 0.6 is 0 Å². The smallest absolute Gasteiger partial charge is 0.233 e. The van der Waals surface area contributed by atoms with Crippen molar-refractivity contribution in [3.63, 3.8) is 0 Å². The lowest BCUT2D eigenvalue weighted by Crippen LogP contribution is -2.01. The van der Waals surface area contributed by atoms with Gasteiger partial charge in [-0.25, -0.2) is 4.99 Å². The maximum absolute atomic E-state index is 10.3. The van der Waals surface area contributed by atoms with Crippen molar-refractivity contribution in [1.82, 2.24) is 0 Å². The van der Waals surface area contributed by atoms with Gasteiger partial charge in [0.15, 0.2) is 0 Å². The van der Waals surface area contributed by atoms with Crippen molar-refractivity contribution in [2.45, 2.75) is 13.8 Å². The lowest BCUT2D eigenvalue weighted by atomic mass is 10.1. The van der Waals surface area contributed by atoms with Crippen LogP contribution in [0.1, 0.15) is 25.0 Å². The van der Waals surface area contributed by atoms with Gasteiger partial charge >= 0.3 is 0 Å². The molecule has 0 spiro atoms. The molecule has 0 aliphatic carbocycles. The summed E-state index contributed by atoms with van der Waals surface area (Å²) in [6.45, 7) is 7.56. The predicted octanol–water partition coefficient (Wildman–Crippen LogP) is 2.58. The van der Waals surface area contributed by atoms with Crippen LogP contribution in [0, 0.1) is 0 Å². The van der Waals surface area contributed by atoms with Gasteiger partial charge in [0.25, 0.3) is 0 Å². The second-order valence-corrected chi connectivity index (χ2v) is 3.66. The Labute approximate surface area is 107 Å². The molecule has 0 radical (unpaired) electrons. The van der Waals surface area contributed by atoms with E-state index < -0.39 is 0 Å². The molecule has 0 unspecified atom stereocenters. The average molecular weight is 244 g/mol. The van der Waals surface area contributed by atoms with Crippen LogP contribution in [0.2, 0.25) is 0 Å². The molecule has 4 heteroatoms. The molecule has 0 atom stereocenters. The zero-order chi connectivity index (χ0) is 13.4. The average Bonchev–Trinajstić information content (AvgIpc) is 2.39. The van der Waals surface area contributed by atoms with E-state index in [1.165, 1.54) is 0 Å². The first-order valence-corrected chi connectivity index (χ1v) is 5.55. The fourth-order valence-corrected chi connectivity index (χ4v) is 1.36. The molecule has 0 fully saturated rings. The number of benzene rings is 1. The molecule has 0 aliphatic heterocycles. The molecule has 0 heterocycles. The predicted molar refractivity (Wildman–Crippen MR) is 73.1 cm³/mol. The Morgan fingerprint density at radius 2 is 2.00 bits per heavy atom. The van der Waals surface area contributed by atoms with E-state index in [1.54, 1.807) is 13.0 Å². The third-order valence-electron chi connectivity index (χ3n) is 2.34. The van der Waals surface area contributed by atoms with E-state index in [-0.39, 0.29) is 0 Å². The summed E-state index contributed by atoms with van der Waals surface area (Å²) in [6, 6.07) is 7.62. The van der Waals surface area contributed by atoms with Gasteiger partial charge in [-0.2, -0.15) is 0 Å². The highest BCUT2D eigenvalue weighted by Crippen LogP contribution is 2.08. The van der Waals surface area contributed by atoms with Crippen molar-refractivity contribution in [1.29, 1.82) is 0 Å². The highest BCUT2D eigenvalue weighted by atomic mass is 16.6. The lowest BCUT2D eigenvalue weighted by Gasteiger charge is -2.04. The van der Waals surface area contributed by atoms with Gasteiger partial charge in [0.05, 0.1) is 5.71 Å². The third kappa shape index (κ3) is 3.97. The summed E-state index contributed by atoms with van der Waals surface area (Å²) in [5.74, 6) is 0. The second-order valence-electron chi connectivity index (χ2n) is 3.66. The van der Waals surface area contributed by atoms with Gasteiger partial charge in [-0.05, 0) is 31.0 Å². The second kappa shape index (κ2) is 7.17. The van der Waals surface area contributed by atoms with Crippen molar-refractivity contribution in [3.8, 4) is 0 Å². The number of nitrogens with zero attached hydrogens (tertiary/aromatic N) is 2. The van der Waals surface area contributed by atoms with Crippen molar-refractivity contribution in [2.24, 2.45) is 10.1 Å². The molecule has 0 bridgehead atoms. The summed E-state index contributed by atoms with van der Waals surface area (Å²) in [7, 11) is 0. The monoisotopic (exact) mass is 244 g/mol. The molecule has 0 N–H and O–H groups in total. The molecule has 18 heavy (non-hydrogen) atoms. The van der Waals surface area contributed by atoms with E-state index in [1.807, 2.05) is 31.2 Å². The fraction of sp³-hybridized carbons (Fsp3) is 0.214. The van der Waals surface area contributed by atoms with Gasteiger partial charge in [0.1, 0.15) is 6.61 Å². The number of hydrogen-bond acceptors (Lipinski definition) is 3. The van der Waals surface area contributed by atoms with E-state index in [0.717, 1.165) is 16.8 Å². The Balaban J connectivity index is 2.94. The molecule has 0 aliphatic rings. The van der Waals surface area contributed by atoms with Crippen LogP contribution in [0.5, 0.6) is 0 Å². The van der Waals surface area contributed by atoms with Gasteiger partial charge in [0, 0.05) is 5.71 Å². The van der Waals surface area contributed by atoms with Gasteiger partial charge in [-0.1, -0.05) is 36.0 Å². The maximum Gasteiger partial charge on any atom is 0.233 e. The number of aliphatic imine (C=N–C) groups is 1. The first-order chi connectivity index (χ1) is 8.69. The Hall–Kier alpha value is -2.23. The number of carbonyl (C=O) groups is 1. The summed E-state index contributed by atoms with van der Waals surface area (Å²) in [5, 5.41) is 3.97. The zero-order valence-corrected chi connectivity index (χ0v) is 10.6. The first-order valence-electron chi connectivity index (χ1n) is 5.55. The molecule has 1 amide bonds. The zero-order valence-electron chi connectivity index (χ0n) is 10.6. The van der Waals surface area contributed by atoms with Crippen molar-refractivity contribution in [3.05, 3.63) is 48.0 Å². The number of oxime groups is 1. The van der Waals surface area contributed by atoms with Gasteiger partial charge in [-0.15, -0.1) is 0 Å². The van der Waals surface area contributed by atoms with Gasteiger partial charge < -0.3 is 4.84 Å². The minimum atomic E-state index is 0.378. The summed E-state index contributed by atoms with van der Waals surface area (Å²) < 4.78 is 0. The molecule has 0 saturated heterocycles. The maximum atomic E-state index is 10.3. The van der Waals surface area contributed by atoms with Crippen LogP contribution in [0.4, 0.5) is 0 Å². The summed E-state index contributed by atoms with van der Waals surface area (Å²) >= 11 is 0. The van der Waals surface area contributed by atoms with E-state index in [0.29, 0.717) is 18.7 Å². The Morgan fingerprint density at radius 1 is 1.33 bits per heavy atom. The van der Waals surface area contributed by atoms with Crippen LogP contribution in [-0.4, -0.2) is 24.4 Å². The lowest BCUT2D eigenvalue weighted by molar-refractivity contribution is -0.106. The van der Waals surface area contributed by atoms with Crippen molar-refractivity contribution in [2.75, 3.05) is 6.61 Å². The summed E-state index contributed by atoms with van der Waals surface area (Å²) in [4.78, 5) is 19.1. The normalized spacial score (nSPS) is 12.1. The Morgan fingerprint density at radius 3 is 2.61 bits per heavy atom. The van der Waals surface area contributed by atoms with E-state index in [9.17, 15) is 4.79 Å². The molecular formula is C14H16N2O2. The Kier molecular flexibility index (Phi) is 5.51. The van der Waals surface area contributed by atoms with Crippen LogP contribution < -0.4 is 0 Å². The number of carbonyl (C=O) groups excluding carboxylic acids is 1.